The van der Waals surface area contributed by atoms with Crippen LogP contribution in [0, 0.1) is 0 Å². The Bertz CT molecular complexity index is 665. The van der Waals surface area contributed by atoms with Gasteiger partial charge in [0.15, 0.2) is 0 Å². The quantitative estimate of drug-likeness (QED) is 0.887. The van der Waals surface area contributed by atoms with Gasteiger partial charge in [0.05, 0.1) is 24.4 Å². The Kier molecular flexibility index (Phi) is 5.15. The summed E-state index contributed by atoms with van der Waals surface area (Å²) in [5, 5.41) is 10.2. The van der Waals surface area contributed by atoms with E-state index < -0.39 is 0 Å². The van der Waals surface area contributed by atoms with Crippen LogP contribution >= 0.6 is 0 Å². The van der Waals surface area contributed by atoms with Crippen LogP contribution in [-0.4, -0.2) is 28.5 Å². The Morgan fingerprint density at radius 1 is 1.29 bits per heavy atom. The number of aryl methyl sites for hydroxylation is 1. The first kappa shape index (κ1) is 16.5. The molecule has 1 aromatic carbocycles. The molecule has 0 unspecified atom stereocenters. The minimum absolute atomic E-state index is 0.0202. The molecule has 1 aliphatic rings. The fourth-order valence-electron chi connectivity index (χ4n) is 3.04. The molecular weight excluding hydrogens is 304 g/mol. The van der Waals surface area contributed by atoms with Gasteiger partial charge < -0.3 is 15.4 Å². The van der Waals surface area contributed by atoms with Crippen molar-refractivity contribution in [2.24, 2.45) is 7.05 Å². The lowest BCUT2D eigenvalue weighted by Crippen LogP contribution is -2.43. The molecule has 1 aromatic heterocycles. The van der Waals surface area contributed by atoms with Gasteiger partial charge >= 0.3 is 6.03 Å². The van der Waals surface area contributed by atoms with Gasteiger partial charge in [0.2, 0.25) is 0 Å². The molecule has 128 valence electrons. The molecule has 0 radical (unpaired) electrons. The zero-order valence-electron chi connectivity index (χ0n) is 14.1. The van der Waals surface area contributed by atoms with E-state index >= 15 is 0 Å². The molecule has 2 heterocycles. The highest BCUT2D eigenvalue weighted by atomic mass is 16.5. The molecule has 0 spiro atoms. The Labute approximate surface area is 142 Å². The number of hydrogen-bond acceptors (Lipinski definition) is 3. The Balaban J connectivity index is 1.66. The van der Waals surface area contributed by atoms with Crippen molar-refractivity contribution in [1.82, 2.24) is 20.4 Å². The number of rotatable bonds is 5. The minimum atomic E-state index is -0.198. The highest BCUT2D eigenvalue weighted by Crippen LogP contribution is 2.27. The molecule has 0 aliphatic carbocycles. The summed E-state index contributed by atoms with van der Waals surface area (Å²) in [5.41, 5.74) is 2.04. The lowest BCUT2D eigenvalue weighted by atomic mass is 9.99. The Hall–Kier alpha value is -2.34. The van der Waals surface area contributed by atoms with Gasteiger partial charge in [0.25, 0.3) is 0 Å². The average molecular weight is 328 g/mol. The number of nitrogens with zero attached hydrogens (tertiary/aromatic N) is 2. The molecule has 0 bridgehead atoms. The van der Waals surface area contributed by atoms with Crippen molar-refractivity contribution < 1.29 is 9.53 Å². The predicted octanol–water partition coefficient (Wildman–Crippen LogP) is 2.70. The lowest BCUT2D eigenvalue weighted by molar-refractivity contribution is 0.0806. The average Bonchev–Trinajstić information content (AvgIpc) is 3.25. The molecule has 1 saturated heterocycles. The van der Waals surface area contributed by atoms with E-state index in [0.29, 0.717) is 0 Å². The molecule has 2 N–H and O–H groups in total. The Morgan fingerprint density at radius 3 is 2.71 bits per heavy atom. The van der Waals surface area contributed by atoms with E-state index in [4.69, 9.17) is 4.74 Å². The third kappa shape index (κ3) is 3.94. The molecule has 2 aromatic rings. The third-order valence-electron chi connectivity index (χ3n) is 4.35. The van der Waals surface area contributed by atoms with Gasteiger partial charge in [0.1, 0.15) is 0 Å². The van der Waals surface area contributed by atoms with Crippen LogP contribution in [0.25, 0.3) is 0 Å². The maximum atomic E-state index is 12.5. The van der Waals surface area contributed by atoms with E-state index in [2.05, 4.69) is 15.7 Å². The summed E-state index contributed by atoms with van der Waals surface area (Å²) in [6.07, 6.45) is 5.67. The highest BCUT2D eigenvalue weighted by molar-refractivity contribution is 5.75. The van der Waals surface area contributed by atoms with E-state index in [-0.39, 0.29) is 24.2 Å². The molecule has 1 fully saturated rings. The largest absolute Gasteiger partial charge is 0.376 e. The third-order valence-corrected chi connectivity index (χ3v) is 4.35. The summed E-state index contributed by atoms with van der Waals surface area (Å²) in [4.78, 5) is 12.5. The molecule has 3 rings (SSSR count). The first-order valence-electron chi connectivity index (χ1n) is 8.35. The zero-order valence-corrected chi connectivity index (χ0v) is 14.1. The number of carbonyl (C=O) groups excluding carboxylic acids is 1. The molecule has 24 heavy (non-hydrogen) atoms. The molecule has 0 saturated carbocycles. The molecule has 2 amide bonds. The minimum Gasteiger partial charge on any atom is -0.376 e. The standard InChI is InChI=1S/C18H24N4O2/c1-13(15-11-19-22(2)12-15)20-18(23)21-17(16-9-6-10-24-16)14-7-4-3-5-8-14/h3-5,7-8,11-13,16-17H,6,9-10H2,1-2H3,(H2,20,21,23)/t13-,16-,17-/m0/s1. The van der Waals surface area contributed by atoms with E-state index in [1.54, 1.807) is 10.9 Å². The fraction of sp³-hybridized carbons (Fsp3) is 0.444. The molecule has 3 atom stereocenters. The summed E-state index contributed by atoms with van der Waals surface area (Å²) >= 11 is 0. The monoisotopic (exact) mass is 328 g/mol. The molecule has 6 nitrogen and oxygen atoms in total. The maximum absolute atomic E-state index is 12.5. The van der Waals surface area contributed by atoms with Crippen LogP contribution in [0.1, 0.15) is 43.0 Å². The van der Waals surface area contributed by atoms with Crippen molar-refractivity contribution in [2.45, 2.75) is 38.0 Å². The smallest absolute Gasteiger partial charge is 0.315 e. The second kappa shape index (κ2) is 7.49. The van der Waals surface area contributed by atoms with Crippen LogP contribution in [0.4, 0.5) is 4.79 Å². The predicted molar refractivity (Wildman–Crippen MR) is 91.4 cm³/mol. The van der Waals surface area contributed by atoms with Crippen LogP contribution in [-0.2, 0) is 11.8 Å². The van der Waals surface area contributed by atoms with Crippen LogP contribution < -0.4 is 10.6 Å². The molecule has 1 aliphatic heterocycles. The van der Waals surface area contributed by atoms with Gasteiger partial charge in [-0.25, -0.2) is 4.79 Å². The van der Waals surface area contributed by atoms with Gasteiger partial charge in [-0.2, -0.15) is 5.10 Å². The number of hydrogen-bond donors (Lipinski definition) is 2. The number of aromatic nitrogens is 2. The zero-order chi connectivity index (χ0) is 16.9. The SMILES string of the molecule is C[C@H](NC(=O)N[C@@H](c1ccccc1)[C@@H]1CCCO1)c1cnn(C)c1. The van der Waals surface area contributed by atoms with Crippen molar-refractivity contribution in [3.05, 3.63) is 53.9 Å². The summed E-state index contributed by atoms with van der Waals surface area (Å²) in [6.45, 7) is 2.70. The van der Waals surface area contributed by atoms with Crippen molar-refractivity contribution in [3.8, 4) is 0 Å². The first-order valence-corrected chi connectivity index (χ1v) is 8.35. The maximum Gasteiger partial charge on any atom is 0.315 e. The normalized spacial score (nSPS) is 19.7. The van der Waals surface area contributed by atoms with Crippen molar-refractivity contribution >= 4 is 6.03 Å². The van der Waals surface area contributed by atoms with Crippen molar-refractivity contribution in [1.29, 1.82) is 0 Å². The van der Waals surface area contributed by atoms with Crippen LogP contribution in [0.15, 0.2) is 42.7 Å². The number of amides is 2. The van der Waals surface area contributed by atoms with Crippen LogP contribution in [0.2, 0.25) is 0 Å². The van der Waals surface area contributed by atoms with Crippen molar-refractivity contribution in [3.63, 3.8) is 0 Å². The number of benzene rings is 1. The summed E-state index contributed by atoms with van der Waals surface area (Å²) in [6, 6.07) is 9.53. The van der Waals surface area contributed by atoms with E-state index in [9.17, 15) is 4.79 Å². The Morgan fingerprint density at radius 2 is 2.08 bits per heavy atom. The van der Waals surface area contributed by atoms with Gasteiger partial charge in [-0.1, -0.05) is 30.3 Å². The molecular formula is C18H24N4O2. The van der Waals surface area contributed by atoms with Crippen LogP contribution in [0.3, 0.4) is 0 Å². The van der Waals surface area contributed by atoms with Gasteiger partial charge in [0, 0.05) is 25.4 Å². The second-order valence-corrected chi connectivity index (χ2v) is 6.23. The summed E-state index contributed by atoms with van der Waals surface area (Å²) < 4.78 is 7.53. The van der Waals surface area contributed by atoms with Crippen LogP contribution in [0.5, 0.6) is 0 Å². The second-order valence-electron chi connectivity index (χ2n) is 6.23. The molecule has 6 heteroatoms. The lowest BCUT2D eigenvalue weighted by Gasteiger charge is -2.25. The number of ether oxygens (including phenoxy) is 1. The van der Waals surface area contributed by atoms with E-state index in [1.807, 2.05) is 50.5 Å². The number of urea groups is 1. The first-order chi connectivity index (χ1) is 11.6. The summed E-state index contributed by atoms with van der Waals surface area (Å²) in [5.74, 6) is 0. The van der Waals surface area contributed by atoms with Gasteiger partial charge in [-0.15, -0.1) is 0 Å². The number of carbonyl (C=O) groups is 1. The highest BCUT2D eigenvalue weighted by Gasteiger charge is 2.29. The van der Waals surface area contributed by atoms with Crippen molar-refractivity contribution in [2.75, 3.05) is 6.61 Å². The van der Waals surface area contributed by atoms with E-state index in [1.165, 1.54) is 0 Å². The summed E-state index contributed by atoms with van der Waals surface area (Å²) in [7, 11) is 1.86. The van der Waals surface area contributed by atoms with Gasteiger partial charge in [-0.05, 0) is 25.3 Å². The number of nitrogens with one attached hydrogen (secondary N) is 2. The van der Waals surface area contributed by atoms with E-state index in [0.717, 1.165) is 30.6 Å². The topological polar surface area (TPSA) is 68.2 Å². The van der Waals surface area contributed by atoms with Gasteiger partial charge in [-0.3, -0.25) is 4.68 Å². The fourth-order valence-corrected chi connectivity index (χ4v) is 3.04.